The summed E-state index contributed by atoms with van der Waals surface area (Å²) in [6.45, 7) is 0. The molecule has 0 radical (unpaired) electrons. The van der Waals surface area contributed by atoms with Crippen LogP contribution in [-0.2, 0) is 0 Å². The normalized spacial score (nSPS) is 10.3. The number of hydrogen-bond acceptors (Lipinski definition) is 3. The molecule has 2 rings (SSSR count). The van der Waals surface area contributed by atoms with Gasteiger partial charge in [0.15, 0.2) is 5.15 Å². The highest BCUT2D eigenvalue weighted by Gasteiger charge is 2.07. The third-order valence-electron chi connectivity index (χ3n) is 1.95. The Labute approximate surface area is 96.9 Å². The van der Waals surface area contributed by atoms with E-state index in [2.05, 4.69) is 4.98 Å². The van der Waals surface area contributed by atoms with E-state index in [1.165, 1.54) is 0 Å². The van der Waals surface area contributed by atoms with Gasteiger partial charge >= 0.3 is 7.69 Å². The molecule has 0 saturated heterocycles. The van der Waals surface area contributed by atoms with Gasteiger partial charge in [0.1, 0.15) is 5.75 Å². The molecule has 1 aromatic carbocycles. The first kappa shape index (κ1) is 10.5. The first-order chi connectivity index (χ1) is 7.22. The van der Waals surface area contributed by atoms with Crippen molar-refractivity contribution >= 4 is 41.8 Å². The van der Waals surface area contributed by atoms with E-state index in [1.807, 2.05) is 0 Å². The van der Waals surface area contributed by atoms with Crippen LogP contribution in [0.3, 0.4) is 0 Å². The lowest BCUT2D eigenvalue weighted by molar-refractivity contribution is 0.453. The van der Waals surface area contributed by atoms with E-state index < -0.39 is 7.69 Å². The first-order valence-electron chi connectivity index (χ1n) is 4.21. The molecule has 0 fully saturated rings. The summed E-state index contributed by atoms with van der Waals surface area (Å²) < 4.78 is 4.90. The molecule has 76 valence electrons. The molecule has 0 aliphatic rings. The van der Waals surface area contributed by atoms with Crippen molar-refractivity contribution in [1.82, 2.24) is 4.98 Å². The van der Waals surface area contributed by atoms with E-state index >= 15 is 0 Å². The predicted octanol–water partition coefficient (Wildman–Crippen LogP) is 2.18. The van der Waals surface area contributed by atoms with Crippen molar-refractivity contribution in [2.24, 2.45) is 0 Å². The summed E-state index contributed by atoms with van der Waals surface area (Å²) in [4.78, 5) is 4.10. The van der Waals surface area contributed by atoms with Crippen molar-refractivity contribution in [1.29, 1.82) is 0 Å². The van der Waals surface area contributed by atoms with Crippen LogP contribution < -0.4 is 4.65 Å². The Hall–Kier alpha value is -0.965. The SMILES string of the molecule is OBOc1cc2c(Cl)cccc2nc1Cl. The second-order valence-corrected chi connectivity index (χ2v) is 3.62. The van der Waals surface area contributed by atoms with E-state index in [4.69, 9.17) is 32.9 Å². The molecule has 0 unspecified atom stereocenters. The molecule has 0 aliphatic carbocycles. The lowest BCUT2D eigenvalue weighted by atomic mass is 10.2. The van der Waals surface area contributed by atoms with Gasteiger partial charge in [-0.15, -0.1) is 0 Å². The molecule has 0 saturated carbocycles. The van der Waals surface area contributed by atoms with Crippen LogP contribution in [0.15, 0.2) is 24.3 Å². The van der Waals surface area contributed by atoms with Gasteiger partial charge in [0.05, 0.1) is 10.5 Å². The largest absolute Gasteiger partial charge is 0.537 e. The number of hydrogen-bond donors (Lipinski definition) is 1. The molecule has 1 aromatic heterocycles. The van der Waals surface area contributed by atoms with Gasteiger partial charge in [0.2, 0.25) is 0 Å². The number of fused-ring (bicyclic) bond motifs is 1. The molecule has 0 spiro atoms. The van der Waals surface area contributed by atoms with E-state index in [-0.39, 0.29) is 5.15 Å². The van der Waals surface area contributed by atoms with Gasteiger partial charge in [-0.1, -0.05) is 29.3 Å². The third kappa shape index (κ3) is 2.02. The van der Waals surface area contributed by atoms with Gasteiger partial charge in [-0.3, -0.25) is 0 Å². The summed E-state index contributed by atoms with van der Waals surface area (Å²) in [5.74, 6) is 0.319. The first-order valence-corrected chi connectivity index (χ1v) is 4.96. The molecule has 0 aliphatic heterocycles. The maximum Gasteiger partial charge on any atom is 0.504 e. The lowest BCUT2D eigenvalue weighted by Crippen LogP contribution is -2.01. The van der Waals surface area contributed by atoms with Crippen molar-refractivity contribution in [3.63, 3.8) is 0 Å². The van der Waals surface area contributed by atoms with Crippen molar-refractivity contribution in [2.45, 2.75) is 0 Å². The van der Waals surface area contributed by atoms with Gasteiger partial charge < -0.3 is 9.68 Å². The molecule has 0 amide bonds. The van der Waals surface area contributed by atoms with E-state index in [0.29, 0.717) is 16.3 Å². The quantitative estimate of drug-likeness (QED) is 0.648. The molecule has 0 atom stereocenters. The molecular formula is C9H6BCl2NO2. The number of benzene rings is 1. The fraction of sp³-hybridized carbons (Fsp3) is 0. The molecule has 2 aromatic rings. The number of aromatic nitrogens is 1. The number of halogens is 2. The van der Waals surface area contributed by atoms with Crippen LogP contribution >= 0.6 is 23.2 Å². The Bertz CT molecular complexity index is 507. The van der Waals surface area contributed by atoms with Gasteiger partial charge in [0.25, 0.3) is 0 Å². The fourth-order valence-corrected chi connectivity index (χ4v) is 1.71. The summed E-state index contributed by atoms with van der Waals surface area (Å²) in [5.41, 5.74) is 0.692. The summed E-state index contributed by atoms with van der Waals surface area (Å²) in [5, 5.41) is 10.2. The zero-order valence-corrected chi connectivity index (χ0v) is 9.09. The molecule has 3 nitrogen and oxygen atoms in total. The standard InChI is InChI=1S/C9H6BCl2NO2/c11-6-2-1-3-7-5(6)4-8(15-10-14)9(12)13-7/h1-4,10,14H. The van der Waals surface area contributed by atoms with Crippen molar-refractivity contribution in [3.8, 4) is 5.75 Å². The van der Waals surface area contributed by atoms with Crippen LogP contribution in [0, 0.1) is 0 Å². The van der Waals surface area contributed by atoms with Gasteiger partial charge in [-0.25, -0.2) is 4.98 Å². The Balaban J connectivity index is 2.66. The Morgan fingerprint density at radius 2 is 2.13 bits per heavy atom. The van der Waals surface area contributed by atoms with Crippen LogP contribution in [0.25, 0.3) is 10.9 Å². The van der Waals surface area contributed by atoms with E-state index in [9.17, 15) is 0 Å². The molecule has 0 bridgehead atoms. The van der Waals surface area contributed by atoms with Crippen molar-refractivity contribution < 1.29 is 9.68 Å². The molecular weight excluding hydrogens is 236 g/mol. The summed E-state index contributed by atoms with van der Waals surface area (Å²) in [6.07, 6.45) is 0. The summed E-state index contributed by atoms with van der Waals surface area (Å²) in [7, 11) is -0.447. The number of nitrogens with zero attached hydrogens (tertiary/aromatic N) is 1. The minimum absolute atomic E-state index is 0.207. The summed E-state index contributed by atoms with van der Waals surface area (Å²) in [6, 6.07) is 7.00. The van der Waals surface area contributed by atoms with Crippen LogP contribution in [0.5, 0.6) is 5.75 Å². The molecule has 1 N–H and O–H groups in total. The Morgan fingerprint density at radius 3 is 2.87 bits per heavy atom. The minimum atomic E-state index is -0.447. The number of rotatable bonds is 2. The van der Waals surface area contributed by atoms with Crippen LogP contribution in [0.2, 0.25) is 10.2 Å². The minimum Gasteiger partial charge on any atom is -0.537 e. The average Bonchev–Trinajstić information content (AvgIpc) is 2.21. The zero-order valence-electron chi connectivity index (χ0n) is 7.58. The Kier molecular flexibility index (Phi) is 3.00. The Morgan fingerprint density at radius 1 is 1.33 bits per heavy atom. The highest BCUT2D eigenvalue weighted by atomic mass is 35.5. The maximum absolute atomic E-state index is 8.64. The summed E-state index contributed by atoms with van der Waals surface area (Å²) >= 11 is 11.8. The molecule has 15 heavy (non-hydrogen) atoms. The smallest absolute Gasteiger partial charge is 0.504 e. The second-order valence-electron chi connectivity index (χ2n) is 2.86. The van der Waals surface area contributed by atoms with Crippen LogP contribution in [-0.4, -0.2) is 17.7 Å². The average molecular weight is 242 g/mol. The third-order valence-corrected chi connectivity index (χ3v) is 2.55. The fourth-order valence-electron chi connectivity index (χ4n) is 1.29. The monoisotopic (exact) mass is 241 g/mol. The van der Waals surface area contributed by atoms with Crippen molar-refractivity contribution in [2.75, 3.05) is 0 Å². The molecule has 6 heteroatoms. The highest BCUT2D eigenvalue weighted by Crippen LogP contribution is 2.30. The van der Waals surface area contributed by atoms with Gasteiger partial charge in [-0.2, -0.15) is 0 Å². The topological polar surface area (TPSA) is 42.4 Å². The lowest BCUT2D eigenvalue weighted by Gasteiger charge is -2.06. The second kappa shape index (κ2) is 4.27. The van der Waals surface area contributed by atoms with Crippen LogP contribution in [0.4, 0.5) is 0 Å². The molecule has 1 heterocycles. The van der Waals surface area contributed by atoms with Crippen LogP contribution in [0.1, 0.15) is 0 Å². The van der Waals surface area contributed by atoms with Crippen molar-refractivity contribution in [3.05, 3.63) is 34.4 Å². The van der Waals surface area contributed by atoms with Gasteiger partial charge in [-0.05, 0) is 18.2 Å². The van der Waals surface area contributed by atoms with E-state index in [0.717, 1.165) is 5.39 Å². The maximum atomic E-state index is 8.64. The van der Waals surface area contributed by atoms with E-state index in [1.54, 1.807) is 24.3 Å². The highest BCUT2D eigenvalue weighted by molar-refractivity contribution is 6.36. The zero-order chi connectivity index (χ0) is 10.8. The predicted molar refractivity (Wildman–Crippen MR) is 61.8 cm³/mol. The number of pyridine rings is 1. The van der Waals surface area contributed by atoms with Gasteiger partial charge in [0, 0.05) is 5.39 Å².